The summed E-state index contributed by atoms with van der Waals surface area (Å²) in [5, 5.41) is 0.340. The molecule has 1 aromatic carbocycles. The first-order valence-electron chi connectivity index (χ1n) is 7.66. The molecule has 1 fully saturated rings. The van der Waals surface area contributed by atoms with Gasteiger partial charge in [-0.1, -0.05) is 0 Å². The maximum absolute atomic E-state index is 12.9. The summed E-state index contributed by atoms with van der Waals surface area (Å²) in [7, 11) is 1.97. The first-order valence-corrected chi connectivity index (χ1v) is 9.91. The topological polar surface area (TPSA) is 43.9 Å². The summed E-state index contributed by atoms with van der Waals surface area (Å²) < 4.78 is 1.24. The van der Waals surface area contributed by atoms with E-state index in [2.05, 4.69) is 17.0 Å². The molecule has 1 saturated heterocycles. The molecule has 0 spiro atoms. The van der Waals surface area contributed by atoms with E-state index in [1.807, 2.05) is 33.0 Å². The monoisotopic (exact) mass is 397 g/mol. The Labute approximate surface area is 147 Å². The Morgan fingerprint density at radius 1 is 1.09 bits per heavy atom. The molecule has 0 radical (unpaired) electrons. The van der Waals surface area contributed by atoms with E-state index in [-0.39, 0.29) is 31.7 Å². The minimum absolute atomic E-state index is 0.0547. The first kappa shape index (κ1) is 16.4. The Bertz CT molecular complexity index is 655. The second-order valence-electron chi connectivity index (χ2n) is 5.51. The SMILES string of the molecule is CCN1C(=O)C(C2[Se]c3ccccc3N2C)C(=O)N(CC)C1=S. The van der Waals surface area contributed by atoms with Crippen LogP contribution in [0.5, 0.6) is 0 Å². The van der Waals surface area contributed by atoms with Crippen LogP contribution in [0.2, 0.25) is 0 Å². The molecular formula is C16H19N3O2SSe. The summed E-state index contributed by atoms with van der Waals surface area (Å²) in [5.74, 6) is -0.975. The first-order chi connectivity index (χ1) is 11.0. The summed E-state index contributed by atoms with van der Waals surface area (Å²) >= 11 is 5.38. The molecule has 0 aliphatic carbocycles. The van der Waals surface area contributed by atoms with Crippen LogP contribution >= 0.6 is 12.2 Å². The van der Waals surface area contributed by atoms with E-state index in [1.54, 1.807) is 9.80 Å². The van der Waals surface area contributed by atoms with Crippen LogP contribution in [0, 0.1) is 5.92 Å². The fourth-order valence-electron chi connectivity index (χ4n) is 3.09. The van der Waals surface area contributed by atoms with E-state index in [9.17, 15) is 9.59 Å². The molecule has 0 bridgehead atoms. The van der Waals surface area contributed by atoms with E-state index in [0.29, 0.717) is 18.2 Å². The van der Waals surface area contributed by atoms with Gasteiger partial charge >= 0.3 is 148 Å². The average molecular weight is 396 g/mol. The normalized spacial score (nSPS) is 22.1. The quantitative estimate of drug-likeness (QED) is 0.422. The molecular weight excluding hydrogens is 377 g/mol. The zero-order valence-electron chi connectivity index (χ0n) is 13.4. The molecule has 122 valence electrons. The minimum atomic E-state index is -0.668. The zero-order valence-corrected chi connectivity index (χ0v) is 15.9. The molecule has 7 heteroatoms. The van der Waals surface area contributed by atoms with Crippen molar-refractivity contribution in [2.45, 2.75) is 18.8 Å². The number of rotatable bonds is 3. The number of nitrogens with zero attached hydrogens (tertiary/aromatic N) is 3. The molecule has 0 saturated carbocycles. The number of amides is 2. The molecule has 0 aromatic heterocycles. The van der Waals surface area contributed by atoms with Gasteiger partial charge < -0.3 is 0 Å². The van der Waals surface area contributed by atoms with Gasteiger partial charge in [-0.05, 0) is 0 Å². The van der Waals surface area contributed by atoms with Crippen LogP contribution in [0.25, 0.3) is 0 Å². The van der Waals surface area contributed by atoms with Crippen molar-refractivity contribution in [2.75, 3.05) is 25.0 Å². The summed E-state index contributed by atoms with van der Waals surface area (Å²) in [6.45, 7) is 4.77. The van der Waals surface area contributed by atoms with Crippen LogP contribution in [0.4, 0.5) is 5.69 Å². The molecule has 2 aliphatic heterocycles. The second-order valence-corrected chi connectivity index (χ2v) is 8.31. The summed E-state index contributed by atoms with van der Waals surface area (Å²) in [6, 6.07) is 8.13. The molecule has 1 unspecified atom stereocenters. The summed E-state index contributed by atoms with van der Waals surface area (Å²) in [4.78, 5) is 30.9. The summed E-state index contributed by atoms with van der Waals surface area (Å²) in [5.41, 5.74) is 1.12. The molecule has 5 nitrogen and oxygen atoms in total. The Morgan fingerprint density at radius 2 is 1.65 bits per heavy atom. The number of carbonyl (C=O) groups is 2. The number of anilines is 1. The third kappa shape index (κ3) is 2.47. The number of carbonyl (C=O) groups excluding carboxylic acids is 2. The predicted molar refractivity (Wildman–Crippen MR) is 94.9 cm³/mol. The fourth-order valence-corrected chi connectivity index (χ4v) is 6.44. The van der Waals surface area contributed by atoms with Crippen molar-refractivity contribution < 1.29 is 9.59 Å². The zero-order chi connectivity index (χ0) is 16.7. The molecule has 1 atom stereocenters. The molecule has 2 aliphatic rings. The van der Waals surface area contributed by atoms with E-state index in [1.165, 1.54) is 4.46 Å². The van der Waals surface area contributed by atoms with Crippen molar-refractivity contribution >= 4 is 54.3 Å². The van der Waals surface area contributed by atoms with Crippen molar-refractivity contribution in [1.29, 1.82) is 0 Å². The Kier molecular flexibility index (Phi) is 4.45. The standard InChI is InChI=1S/C16H19N3O2SSe/c1-4-18-13(20)12(14(21)19(5-2)16(18)22)15-17(3)10-8-6-7-9-11(10)23-15/h6-9,12,15H,4-5H2,1-3H3. The van der Waals surface area contributed by atoms with Gasteiger partial charge in [-0.15, -0.1) is 0 Å². The number of thiocarbonyl (C=S) groups is 1. The molecule has 2 amide bonds. The predicted octanol–water partition coefficient (Wildman–Crippen LogP) is 0.404. The van der Waals surface area contributed by atoms with Gasteiger partial charge in [0.05, 0.1) is 0 Å². The average Bonchev–Trinajstić information content (AvgIpc) is 2.86. The molecule has 3 rings (SSSR count). The van der Waals surface area contributed by atoms with Crippen LogP contribution in [0.15, 0.2) is 24.3 Å². The molecule has 23 heavy (non-hydrogen) atoms. The Morgan fingerprint density at radius 3 is 2.17 bits per heavy atom. The van der Waals surface area contributed by atoms with Crippen LogP contribution in [-0.4, -0.2) is 66.8 Å². The molecule has 2 heterocycles. The van der Waals surface area contributed by atoms with E-state index in [0.717, 1.165) is 5.69 Å². The van der Waals surface area contributed by atoms with Crippen LogP contribution < -0.4 is 9.36 Å². The number of hydrogen-bond acceptors (Lipinski definition) is 4. The van der Waals surface area contributed by atoms with Gasteiger partial charge in [0.15, 0.2) is 0 Å². The van der Waals surface area contributed by atoms with Crippen molar-refractivity contribution in [2.24, 2.45) is 5.92 Å². The number of para-hydroxylation sites is 1. The van der Waals surface area contributed by atoms with Crippen LogP contribution in [0.3, 0.4) is 0 Å². The summed E-state index contributed by atoms with van der Waals surface area (Å²) in [6.07, 6.45) is 0. The van der Waals surface area contributed by atoms with Gasteiger partial charge in [0, 0.05) is 0 Å². The third-order valence-corrected chi connectivity index (χ3v) is 7.76. The fraction of sp³-hybridized carbons (Fsp3) is 0.438. The molecule has 0 N–H and O–H groups in total. The van der Waals surface area contributed by atoms with Gasteiger partial charge in [-0.25, -0.2) is 0 Å². The van der Waals surface area contributed by atoms with Crippen molar-refractivity contribution in [3.05, 3.63) is 24.3 Å². The number of hydrogen-bond donors (Lipinski definition) is 0. The van der Waals surface area contributed by atoms with E-state index >= 15 is 0 Å². The third-order valence-electron chi connectivity index (χ3n) is 4.32. The van der Waals surface area contributed by atoms with Gasteiger partial charge in [0.2, 0.25) is 0 Å². The molecule has 1 aromatic rings. The van der Waals surface area contributed by atoms with Crippen molar-refractivity contribution in [1.82, 2.24) is 9.80 Å². The maximum atomic E-state index is 12.9. The second kappa shape index (κ2) is 6.23. The van der Waals surface area contributed by atoms with Crippen molar-refractivity contribution in [3.63, 3.8) is 0 Å². The van der Waals surface area contributed by atoms with Crippen LogP contribution in [0.1, 0.15) is 13.8 Å². The number of benzene rings is 1. The van der Waals surface area contributed by atoms with E-state index < -0.39 is 5.92 Å². The van der Waals surface area contributed by atoms with Gasteiger partial charge in [0.1, 0.15) is 0 Å². The van der Waals surface area contributed by atoms with Gasteiger partial charge in [0.25, 0.3) is 0 Å². The Hall–Kier alpha value is -1.43. The Balaban J connectivity index is 1.97. The van der Waals surface area contributed by atoms with Crippen molar-refractivity contribution in [3.8, 4) is 0 Å². The van der Waals surface area contributed by atoms with Crippen LogP contribution in [-0.2, 0) is 9.59 Å². The number of fused-ring (bicyclic) bond motifs is 1. The van der Waals surface area contributed by atoms with Gasteiger partial charge in [-0.3, -0.25) is 0 Å². The van der Waals surface area contributed by atoms with E-state index in [4.69, 9.17) is 12.2 Å². The van der Waals surface area contributed by atoms with Gasteiger partial charge in [-0.2, -0.15) is 0 Å².